The van der Waals surface area contributed by atoms with E-state index in [4.69, 9.17) is 10.5 Å². The number of ether oxygens (including phenoxy) is 1. The van der Waals surface area contributed by atoms with Gasteiger partial charge < -0.3 is 15.8 Å². The fraction of sp³-hybridized carbons (Fsp3) is 0.0909. The molecule has 0 saturated heterocycles. The summed E-state index contributed by atoms with van der Waals surface area (Å²) in [7, 11) is -3.74. The van der Waals surface area contributed by atoms with E-state index in [0.29, 0.717) is 22.9 Å². The van der Waals surface area contributed by atoms with E-state index in [1.807, 2.05) is 18.2 Å². The second-order valence-electron chi connectivity index (χ2n) is 6.67. The lowest BCUT2D eigenvalue weighted by molar-refractivity contribution is -0.114. The Hall–Kier alpha value is -3.85. The van der Waals surface area contributed by atoms with Crippen molar-refractivity contribution < 1.29 is 22.7 Å². The molecule has 0 bridgehead atoms. The highest BCUT2D eigenvalue weighted by Gasteiger charge is 2.21. The van der Waals surface area contributed by atoms with Gasteiger partial charge in [0, 0.05) is 11.3 Å². The Morgan fingerprint density at radius 3 is 2.19 bits per heavy atom. The third-order valence-electron chi connectivity index (χ3n) is 4.22. The Bertz CT molecular complexity index is 1180. The molecule has 9 heteroatoms. The second-order valence-corrected chi connectivity index (χ2v) is 8.58. The van der Waals surface area contributed by atoms with Crippen LogP contribution in [0.4, 0.5) is 11.4 Å². The molecule has 31 heavy (non-hydrogen) atoms. The molecule has 0 heterocycles. The quantitative estimate of drug-likeness (QED) is 0.559. The number of amides is 2. The van der Waals surface area contributed by atoms with Crippen molar-refractivity contribution in [2.75, 3.05) is 22.4 Å². The predicted octanol–water partition coefficient (Wildman–Crippen LogP) is 2.98. The molecule has 0 aliphatic carbocycles. The molecular weight excluding hydrogens is 418 g/mol. The summed E-state index contributed by atoms with van der Waals surface area (Å²) in [6.07, 6.45) is 1.02. The smallest absolute Gasteiger partial charge is 0.248 e. The maximum absolute atomic E-state index is 12.5. The van der Waals surface area contributed by atoms with E-state index in [0.717, 1.165) is 10.6 Å². The summed E-state index contributed by atoms with van der Waals surface area (Å²) in [4.78, 5) is 23.8. The SMILES string of the molecule is CS(=O)(=O)N(CC(=O)Nc1cccc(C(N)=O)c1)c1ccc(Oc2ccccc2)cc1. The summed E-state index contributed by atoms with van der Waals surface area (Å²) in [5, 5.41) is 2.58. The fourth-order valence-corrected chi connectivity index (χ4v) is 3.64. The number of hydrogen-bond acceptors (Lipinski definition) is 5. The van der Waals surface area contributed by atoms with Crippen molar-refractivity contribution in [3.63, 3.8) is 0 Å². The van der Waals surface area contributed by atoms with Gasteiger partial charge in [0.25, 0.3) is 0 Å². The number of primary amides is 1. The number of para-hydroxylation sites is 1. The Labute approximate surface area is 180 Å². The first kappa shape index (κ1) is 21.8. The molecular formula is C22H21N3O5S. The molecule has 3 rings (SSSR count). The number of hydrogen-bond donors (Lipinski definition) is 2. The van der Waals surface area contributed by atoms with Crippen LogP contribution in [0.25, 0.3) is 0 Å². The number of anilines is 2. The second kappa shape index (κ2) is 9.31. The van der Waals surface area contributed by atoms with Crippen molar-refractivity contribution in [2.45, 2.75) is 0 Å². The molecule has 0 spiro atoms. The molecule has 2 amide bonds. The standard InChI is InChI=1S/C22H21N3O5S/c1-31(28,29)25(15-21(26)24-17-7-5-6-16(14-17)22(23)27)18-10-12-20(13-11-18)30-19-8-3-2-4-9-19/h2-14H,15H2,1H3,(H2,23,27)(H,24,26). The topological polar surface area (TPSA) is 119 Å². The molecule has 0 fully saturated rings. The van der Waals surface area contributed by atoms with Crippen molar-refractivity contribution in [1.29, 1.82) is 0 Å². The van der Waals surface area contributed by atoms with E-state index in [2.05, 4.69) is 5.32 Å². The molecule has 3 aromatic carbocycles. The van der Waals surface area contributed by atoms with Crippen molar-refractivity contribution in [3.05, 3.63) is 84.4 Å². The average Bonchev–Trinajstić information content (AvgIpc) is 2.73. The third-order valence-corrected chi connectivity index (χ3v) is 5.36. The lowest BCUT2D eigenvalue weighted by Gasteiger charge is -2.22. The first-order chi connectivity index (χ1) is 14.7. The van der Waals surface area contributed by atoms with Crippen LogP contribution < -0.4 is 20.1 Å². The number of carbonyl (C=O) groups is 2. The van der Waals surface area contributed by atoms with Gasteiger partial charge in [-0.3, -0.25) is 13.9 Å². The van der Waals surface area contributed by atoms with Crippen LogP contribution in [0.3, 0.4) is 0 Å². The summed E-state index contributed by atoms with van der Waals surface area (Å²) in [6.45, 7) is -0.446. The van der Waals surface area contributed by atoms with Crippen molar-refractivity contribution in [2.24, 2.45) is 5.73 Å². The van der Waals surface area contributed by atoms with Crippen LogP contribution in [0, 0.1) is 0 Å². The molecule has 0 unspecified atom stereocenters. The first-order valence-electron chi connectivity index (χ1n) is 9.23. The van der Waals surface area contributed by atoms with E-state index >= 15 is 0 Å². The number of sulfonamides is 1. The summed E-state index contributed by atoms with van der Waals surface area (Å²) >= 11 is 0. The van der Waals surface area contributed by atoms with E-state index < -0.39 is 28.4 Å². The normalized spacial score (nSPS) is 10.9. The van der Waals surface area contributed by atoms with Gasteiger partial charge in [0.2, 0.25) is 21.8 Å². The van der Waals surface area contributed by atoms with Gasteiger partial charge in [-0.2, -0.15) is 0 Å². The summed E-state index contributed by atoms with van der Waals surface area (Å²) in [6, 6.07) is 21.6. The number of benzene rings is 3. The summed E-state index contributed by atoms with van der Waals surface area (Å²) < 4.78 is 31.3. The van der Waals surface area contributed by atoms with Gasteiger partial charge in [-0.15, -0.1) is 0 Å². The third kappa shape index (κ3) is 6.06. The monoisotopic (exact) mass is 439 g/mol. The van der Waals surface area contributed by atoms with Crippen LogP contribution >= 0.6 is 0 Å². The van der Waals surface area contributed by atoms with Crippen LogP contribution in [-0.4, -0.2) is 33.0 Å². The van der Waals surface area contributed by atoms with Gasteiger partial charge >= 0.3 is 0 Å². The Kier molecular flexibility index (Phi) is 6.56. The number of nitrogens with zero attached hydrogens (tertiary/aromatic N) is 1. The molecule has 3 aromatic rings. The van der Waals surface area contributed by atoms with Gasteiger partial charge in [-0.05, 0) is 54.6 Å². The minimum absolute atomic E-state index is 0.228. The molecule has 0 saturated carbocycles. The van der Waals surface area contributed by atoms with Crippen molar-refractivity contribution >= 4 is 33.2 Å². The molecule has 0 radical (unpaired) electrons. The van der Waals surface area contributed by atoms with Crippen LogP contribution in [0.15, 0.2) is 78.9 Å². The summed E-state index contributed by atoms with van der Waals surface area (Å²) in [5.74, 6) is -0.0350. The van der Waals surface area contributed by atoms with Crippen LogP contribution in [0.5, 0.6) is 11.5 Å². The van der Waals surface area contributed by atoms with E-state index in [1.54, 1.807) is 48.5 Å². The fourth-order valence-electron chi connectivity index (χ4n) is 2.79. The van der Waals surface area contributed by atoms with Gasteiger partial charge in [-0.25, -0.2) is 8.42 Å². The number of carbonyl (C=O) groups excluding carboxylic acids is 2. The molecule has 3 N–H and O–H groups in total. The van der Waals surface area contributed by atoms with Gasteiger partial charge in [0.1, 0.15) is 18.0 Å². The van der Waals surface area contributed by atoms with Gasteiger partial charge in [0.15, 0.2) is 0 Å². The maximum atomic E-state index is 12.5. The lowest BCUT2D eigenvalue weighted by Crippen LogP contribution is -2.37. The predicted molar refractivity (Wildman–Crippen MR) is 119 cm³/mol. The van der Waals surface area contributed by atoms with E-state index in [-0.39, 0.29) is 5.56 Å². The molecule has 0 atom stereocenters. The molecule has 0 aliphatic heterocycles. The number of nitrogens with one attached hydrogen (secondary N) is 1. The van der Waals surface area contributed by atoms with Crippen LogP contribution in [0.1, 0.15) is 10.4 Å². The van der Waals surface area contributed by atoms with Crippen LogP contribution in [-0.2, 0) is 14.8 Å². The highest BCUT2D eigenvalue weighted by Crippen LogP contribution is 2.25. The Morgan fingerprint density at radius 2 is 1.58 bits per heavy atom. The van der Waals surface area contributed by atoms with E-state index in [9.17, 15) is 18.0 Å². The molecule has 8 nitrogen and oxygen atoms in total. The van der Waals surface area contributed by atoms with E-state index in [1.165, 1.54) is 12.1 Å². The number of nitrogens with two attached hydrogens (primary N) is 1. The van der Waals surface area contributed by atoms with Gasteiger partial charge in [-0.1, -0.05) is 24.3 Å². The first-order valence-corrected chi connectivity index (χ1v) is 11.1. The average molecular weight is 439 g/mol. The molecule has 0 aliphatic rings. The zero-order valence-corrected chi connectivity index (χ0v) is 17.5. The minimum atomic E-state index is -3.74. The zero-order valence-electron chi connectivity index (χ0n) is 16.7. The zero-order chi connectivity index (χ0) is 22.4. The minimum Gasteiger partial charge on any atom is -0.457 e. The van der Waals surface area contributed by atoms with Crippen LogP contribution in [0.2, 0.25) is 0 Å². The highest BCUT2D eigenvalue weighted by molar-refractivity contribution is 7.92. The Morgan fingerprint density at radius 1 is 0.935 bits per heavy atom. The maximum Gasteiger partial charge on any atom is 0.248 e. The van der Waals surface area contributed by atoms with Crippen molar-refractivity contribution in [1.82, 2.24) is 0 Å². The number of rotatable bonds is 8. The van der Waals surface area contributed by atoms with Gasteiger partial charge in [0.05, 0.1) is 11.9 Å². The Balaban J connectivity index is 1.74. The largest absolute Gasteiger partial charge is 0.457 e. The molecule has 0 aromatic heterocycles. The van der Waals surface area contributed by atoms with Crippen molar-refractivity contribution in [3.8, 4) is 11.5 Å². The highest BCUT2D eigenvalue weighted by atomic mass is 32.2. The molecule has 160 valence electrons. The lowest BCUT2D eigenvalue weighted by atomic mass is 10.2. The summed E-state index contributed by atoms with van der Waals surface area (Å²) in [5.41, 5.74) is 6.11.